The quantitative estimate of drug-likeness (QED) is 0.191. The summed E-state index contributed by atoms with van der Waals surface area (Å²) in [5.74, 6) is -0.674. The van der Waals surface area contributed by atoms with Crippen molar-refractivity contribution < 1.29 is 27.5 Å². The number of H-pyrrole nitrogens is 1. The van der Waals surface area contributed by atoms with Crippen molar-refractivity contribution >= 4 is 44.3 Å². The number of methoxy groups -OCH3 is 1. The zero-order chi connectivity index (χ0) is 33.0. The number of fused-ring (bicyclic) bond motifs is 1. The van der Waals surface area contributed by atoms with Crippen LogP contribution in [-0.2, 0) is 19.6 Å². The number of anilines is 1. The Labute approximate surface area is 269 Å². The molecule has 46 heavy (non-hydrogen) atoms. The van der Waals surface area contributed by atoms with Gasteiger partial charge < -0.3 is 19.9 Å². The molecule has 1 fully saturated rings. The molecule has 1 aromatic heterocycles. The SMILES string of the molecule is COc1cc(C(=O)NS(=O)(=O)c2ccccc2C)ccc1C(CC(=O)N(C)C)c1c[nH]c2ccc(NC(=O)CC3CCCC3)cc12. The molecule has 3 N–H and O–H groups in total. The second-order valence-corrected chi connectivity index (χ2v) is 13.8. The smallest absolute Gasteiger partial charge is 0.265 e. The summed E-state index contributed by atoms with van der Waals surface area (Å²) in [5, 5.41) is 3.88. The van der Waals surface area contributed by atoms with E-state index >= 15 is 0 Å². The largest absolute Gasteiger partial charge is 0.496 e. The van der Waals surface area contributed by atoms with Crippen molar-refractivity contribution in [3.63, 3.8) is 0 Å². The molecule has 1 aliphatic carbocycles. The van der Waals surface area contributed by atoms with E-state index in [-0.39, 0.29) is 28.7 Å². The van der Waals surface area contributed by atoms with E-state index in [0.29, 0.717) is 34.9 Å². The van der Waals surface area contributed by atoms with Crippen LogP contribution in [0.15, 0.2) is 71.8 Å². The summed E-state index contributed by atoms with van der Waals surface area (Å²) in [6, 6.07) is 16.8. The number of ether oxygens (including phenoxy) is 1. The number of rotatable bonds is 11. The standard InChI is InChI=1S/C35H40N4O6S/c1-22-9-5-8-12-32(22)46(43,44)38-35(42)24-13-15-26(31(18-24)45-4)27(20-34(41)39(2)3)29-21-36-30-16-14-25(19-28(29)30)37-33(40)17-23-10-6-7-11-23/h5,8-9,12-16,18-19,21,23,27,36H,6-7,10-11,17,20H2,1-4H3,(H,37,40)(H,38,42). The molecule has 5 rings (SSSR count). The van der Waals surface area contributed by atoms with Crippen LogP contribution in [0.5, 0.6) is 5.75 Å². The maximum absolute atomic E-state index is 13.2. The molecule has 1 aliphatic rings. The molecule has 0 aliphatic heterocycles. The third-order valence-electron chi connectivity index (χ3n) is 8.68. The number of hydrogen-bond acceptors (Lipinski definition) is 6. The number of nitrogens with one attached hydrogen (secondary N) is 3. The summed E-state index contributed by atoms with van der Waals surface area (Å²) in [6.07, 6.45) is 6.96. The van der Waals surface area contributed by atoms with Crippen LogP contribution in [-0.4, -0.2) is 57.2 Å². The van der Waals surface area contributed by atoms with Gasteiger partial charge in [0.15, 0.2) is 0 Å². The Kier molecular flexibility index (Phi) is 9.81. The first kappa shape index (κ1) is 32.7. The lowest BCUT2D eigenvalue weighted by molar-refractivity contribution is -0.128. The van der Waals surface area contributed by atoms with Crippen molar-refractivity contribution in [2.75, 3.05) is 26.5 Å². The van der Waals surface area contributed by atoms with Gasteiger partial charge >= 0.3 is 0 Å². The molecule has 0 radical (unpaired) electrons. The molecule has 0 saturated heterocycles. The predicted octanol–water partition coefficient (Wildman–Crippen LogP) is 5.73. The second kappa shape index (κ2) is 13.8. The van der Waals surface area contributed by atoms with Gasteiger partial charge in [0.1, 0.15) is 5.75 Å². The van der Waals surface area contributed by atoms with E-state index in [0.717, 1.165) is 29.3 Å². The zero-order valence-electron chi connectivity index (χ0n) is 26.6. The van der Waals surface area contributed by atoms with Crippen LogP contribution in [0.3, 0.4) is 0 Å². The number of aryl methyl sites for hydroxylation is 1. The van der Waals surface area contributed by atoms with Crippen LogP contribution >= 0.6 is 0 Å². The highest BCUT2D eigenvalue weighted by Gasteiger charge is 2.27. The van der Waals surface area contributed by atoms with Gasteiger partial charge in [-0.05, 0) is 73.2 Å². The number of hydrogen-bond donors (Lipinski definition) is 3. The van der Waals surface area contributed by atoms with E-state index in [4.69, 9.17) is 4.74 Å². The Morgan fingerprint density at radius 2 is 1.74 bits per heavy atom. The van der Waals surface area contributed by atoms with E-state index in [9.17, 15) is 22.8 Å². The maximum atomic E-state index is 13.2. The monoisotopic (exact) mass is 644 g/mol. The first-order valence-electron chi connectivity index (χ1n) is 15.4. The number of benzene rings is 3. The number of sulfonamides is 1. The third kappa shape index (κ3) is 7.25. The Balaban J connectivity index is 1.47. The number of aromatic amines is 1. The topological polar surface area (TPSA) is 138 Å². The van der Waals surface area contributed by atoms with Crippen LogP contribution in [0.25, 0.3) is 10.9 Å². The summed E-state index contributed by atoms with van der Waals surface area (Å²) in [5.41, 5.74) is 3.56. The average molecular weight is 645 g/mol. The minimum atomic E-state index is -4.11. The van der Waals surface area contributed by atoms with Crippen molar-refractivity contribution in [2.24, 2.45) is 5.92 Å². The highest BCUT2D eigenvalue weighted by atomic mass is 32.2. The molecule has 0 spiro atoms. The van der Waals surface area contributed by atoms with Crippen LogP contribution < -0.4 is 14.8 Å². The Hall–Kier alpha value is -4.64. The molecule has 4 aromatic rings. The molecule has 11 heteroatoms. The van der Waals surface area contributed by atoms with Crippen LogP contribution in [0.4, 0.5) is 5.69 Å². The molecule has 3 aromatic carbocycles. The van der Waals surface area contributed by atoms with Crippen molar-refractivity contribution in [3.8, 4) is 5.75 Å². The lowest BCUT2D eigenvalue weighted by atomic mass is 9.86. The zero-order valence-corrected chi connectivity index (χ0v) is 27.4. The van der Waals surface area contributed by atoms with Gasteiger partial charge in [0.2, 0.25) is 11.8 Å². The molecule has 3 amide bonds. The van der Waals surface area contributed by atoms with Gasteiger partial charge in [-0.2, -0.15) is 0 Å². The number of aromatic nitrogens is 1. The molecule has 0 bridgehead atoms. The summed E-state index contributed by atoms with van der Waals surface area (Å²) >= 11 is 0. The Bertz CT molecular complexity index is 1870. The van der Waals surface area contributed by atoms with Gasteiger partial charge in [0, 0.05) is 66.8 Å². The number of carbonyl (C=O) groups is 3. The minimum absolute atomic E-state index is 0.0114. The molecule has 1 unspecified atom stereocenters. The Morgan fingerprint density at radius 3 is 2.43 bits per heavy atom. The summed E-state index contributed by atoms with van der Waals surface area (Å²) in [7, 11) is 0.720. The van der Waals surface area contributed by atoms with E-state index in [2.05, 4.69) is 15.0 Å². The minimum Gasteiger partial charge on any atom is -0.496 e. The second-order valence-electron chi connectivity index (χ2n) is 12.1. The van der Waals surface area contributed by atoms with Crippen molar-refractivity contribution in [2.45, 2.75) is 56.3 Å². The molecule has 1 atom stereocenters. The molecule has 1 saturated carbocycles. The predicted molar refractivity (Wildman–Crippen MR) is 177 cm³/mol. The Morgan fingerprint density at radius 1 is 1.00 bits per heavy atom. The lowest BCUT2D eigenvalue weighted by Crippen LogP contribution is -2.31. The normalized spacial score (nSPS) is 14.2. The van der Waals surface area contributed by atoms with E-state index in [1.165, 1.54) is 43.1 Å². The summed E-state index contributed by atoms with van der Waals surface area (Å²) in [6.45, 7) is 1.66. The number of carbonyl (C=O) groups excluding carboxylic acids is 3. The lowest BCUT2D eigenvalue weighted by Gasteiger charge is -2.22. The van der Waals surface area contributed by atoms with E-state index < -0.39 is 21.8 Å². The molecule has 1 heterocycles. The third-order valence-corrected chi connectivity index (χ3v) is 10.2. The molecule has 242 valence electrons. The number of amides is 3. The van der Waals surface area contributed by atoms with Crippen LogP contribution in [0.2, 0.25) is 0 Å². The van der Waals surface area contributed by atoms with Crippen LogP contribution in [0.1, 0.15) is 71.5 Å². The average Bonchev–Trinajstić information content (AvgIpc) is 3.69. The summed E-state index contributed by atoms with van der Waals surface area (Å²) in [4.78, 5) is 43.9. The molecular formula is C35H40N4O6S. The van der Waals surface area contributed by atoms with E-state index in [1.54, 1.807) is 45.3 Å². The highest BCUT2D eigenvalue weighted by Crippen LogP contribution is 2.39. The fraction of sp³-hybridized carbons (Fsp3) is 0.343. The molecule has 10 nitrogen and oxygen atoms in total. The van der Waals surface area contributed by atoms with Crippen LogP contribution in [0, 0.1) is 12.8 Å². The van der Waals surface area contributed by atoms with E-state index in [1.807, 2.05) is 24.4 Å². The first-order chi connectivity index (χ1) is 22.0. The fourth-order valence-electron chi connectivity index (χ4n) is 6.18. The summed E-state index contributed by atoms with van der Waals surface area (Å²) < 4.78 is 33.8. The van der Waals surface area contributed by atoms with Gasteiger partial charge in [0.05, 0.1) is 12.0 Å². The fourth-order valence-corrected chi connectivity index (χ4v) is 7.40. The van der Waals surface area contributed by atoms with Gasteiger partial charge in [-0.1, -0.05) is 37.1 Å². The maximum Gasteiger partial charge on any atom is 0.265 e. The first-order valence-corrected chi connectivity index (χ1v) is 16.9. The van der Waals surface area contributed by atoms with Crippen molar-refractivity contribution in [1.82, 2.24) is 14.6 Å². The van der Waals surface area contributed by atoms with Crippen molar-refractivity contribution in [1.29, 1.82) is 0 Å². The van der Waals surface area contributed by atoms with Crippen molar-refractivity contribution in [3.05, 3.63) is 89.1 Å². The number of nitrogens with zero attached hydrogens (tertiary/aromatic N) is 1. The molecular weight excluding hydrogens is 604 g/mol. The van der Waals surface area contributed by atoms with Gasteiger partial charge in [-0.15, -0.1) is 0 Å². The van der Waals surface area contributed by atoms with Gasteiger partial charge in [-0.25, -0.2) is 13.1 Å². The van der Waals surface area contributed by atoms with Gasteiger partial charge in [-0.3, -0.25) is 14.4 Å². The highest BCUT2D eigenvalue weighted by molar-refractivity contribution is 7.90. The van der Waals surface area contributed by atoms with Gasteiger partial charge in [0.25, 0.3) is 15.9 Å².